The molecule has 7 heteroatoms. The molecule has 1 aliphatic carbocycles. The largest absolute Gasteiger partial charge is 0.476 e. The van der Waals surface area contributed by atoms with Gasteiger partial charge < -0.3 is 14.8 Å². The van der Waals surface area contributed by atoms with Crippen molar-refractivity contribution in [2.75, 3.05) is 5.32 Å². The maximum absolute atomic E-state index is 12.5. The summed E-state index contributed by atoms with van der Waals surface area (Å²) in [6.45, 7) is 0. The van der Waals surface area contributed by atoms with E-state index in [-0.39, 0.29) is 23.4 Å². The number of aromatic carboxylic acids is 1. The minimum atomic E-state index is -1.10. The molecule has 0 aliphatic heterocycles. The van der Waals surface area contributed by atoms with Gasteiger partial charge in [0.25, 0.3) is 0 Å². The lowest BCUT2D eigenvalue weighted by molar-refractivity contribution is -0.117. The molecule has 2 aromatic heterocycles. The zero-order chi connectivity index (χ0) is 17.4. The molecule has 7 nitrogen and oxygen atoms in total. The van der Waals surface area contributed by atoms with Gasteiger partial charge in [0.05, 0.1) is 17.6 Å². The van der Waals surface area contributed by atoms with Crippen LogP contribution in [-0.4, -0.2) is 26.8 Å². The average Bonchev–Trinajstić information content (AvgIpc) is 3.02. The van der Waals surface area contributed by atoms with Gasteiger partial charge in [0.1, 0.15) is 5.76 Å². The Kier molecular flexibility index (Phi) is 3.61. The number of amides is 1. The minimum Gasteiger partial charge on any atom is -0.476 e. The fraction of sp³-hybridized carbons (Fsp3) is 0.167. The standard InChI is InChI=1S/C18H15N3O4/c22-17(12-10-11(12)16-6-3-9-25-16)19-13-4-1-2-5-15(13)21-8-7-14(20-21)18(23)24/h1-9,11-12H,10H2,(H,19,22)(H,23,24). The Hall–Kier alpha value is -3.35. The van der Waals surface area contributed by atoms with Crippen molar-refractivity contribution >= 4 is 17.6 Å². The second kappa shape index (κ2) is 5.94. The van der Waals surface area contributed by atoms with E-state index in [1.807, 2.05) is 12.1 Å². The summed E-state index contributed by atoms with van der Waals surface area (Å²) in [5.41, 5.74) is 1.14. The van der Waals surface area contributed by atoms with E-state index in [0.717, 1.165) is 12.2 Å². The zero-order valence-electron chi connectivity index (χ0n) is 13.1. The Bertz CT molecular complexity index is 929. The second-order valence-electron chi connectivity index (χ2n) is 5.92. The SMILES string of the molecule is O=C(O)c1ccn(-c2ccccc2NC(=O)C2CC2c2ccco2)n1. The van der Waals surface area contributed by atoms with Gasteiger partial charge in [0, 0.05) is 18.0 Å². The monoisotopic (exact) mass is 337 g/mol. The van der Waals surface area contributed by atoms with Crippen LogP contribution in [0, 0.1) is 5.92 Å². The molecule has 0 radical (unpaired) electrons. The third-order valence-corrected chi connectivity index (χ3v) is 4.25. The first-order valence-electron chi connectivity index (χ1n) is 7.86. The van der Waals surface area contributed by atoms with Crippen molar-refractivity contribution in [2.45, 2.75) is 12.3 Å². The molecule has 1 amide bonds. The van der Waals surface area contributed by atoms with E-state index in [4.69, 9.17) is 9.52 Å². The van der Waals surface area contributed by atoms with Gasteiger partial charge in [-0.05, 0) is 36.8 Å². The van der Waals surface area contributed by atoms with Crippen LogP contribution in [0.5, 0.6) is 0 Å². The van der Waals surface area contributed by atoms with Crippen molar-refractivity contribution in [3.8, 4) is 5.69 Å². The molecule has 3 aromatic rings. The number of nitrogens with one attached hydrogen (secondary N) is 1. The smallest absolute Gasteiger partial charge is 0.356 e. The molecule has 25 heavy (non-hydrogen) atoms. The molecule has 126 valence electrons. The summed E-state index contributed by atoms with van der Waals surface area (Å²) >= 11 is 0. The topological polar surface area (TPSA) is 97.4 Å². The number of carbonyl (C=O) groups is 2. The minimum absolute atomic E-state index is 0.0544. The van der Waals surface area contributed by atoms with Crippen LogP contribution >= 0.6 is 0 Å². The fourth-order valence-corrected chi connectivity index (χ4v) is 2.88. The van der Waals surface area contributed by atoms with Crippen LogP contribution in [0.4, 0.5) is 5.69 Å². The molecule has 1 fully saturated rings. The van der Waals surface area contributed by atoms with Crippen molar-refractivity contribution in [2.24, 2.45) is 5.92 Å². The predicted molar refractivity (Wildman–Crippen MR) is 88.7 cm³/mol. The molecular weight excluding hydrogens is 322 g/mol. The van der Waals surface area contributed by atoms with Crippen molar-refractivity contribution in [3.05, 3.63) is 66.4 Å². The Labute approximate surface area is 142 Å². The predicted octanol–water partition coefficient (Wildman–Crippen LogP) is 2.91. The molecule has 1 aliphatic rings. The van der Waals surface area contributed by atoms with Crippen LogP contribution in [0.2, 0.25) is 0 Å². The van der Waals surface area contributed by atoms with Gasteiger partial charge in [0.2, 0.25) is 5.91 Å². The van der Waals surface area contributed by atoms with Gasteiger partial charge in [0.15, 0.2) is 5.69 Å². The van der Waals surface area contributed by atoms with Crippen LogP contribution in [0.15, 0.2) is 59.3 Å². The fourth-order valence-electron chi connectivity index (χ4n) is 2.88. The maximum Gasteiger partial charge on any atom is 0.356 e. The van der Waals surface area contributed by atoms with E-state index in [1.54, 1.807) is 36.7 Å². The van der Waals surface area contributed by atoms with Crippen molar-refractivity contribution < 1.29 is 19.1 Å². The van der Waals surface area contributed by atoms with Crippen LogP contribution in [-0.2, 0) is 4.79 Å². The molecular formula is C18H15N3O4. The van der Waals surface area contributed by atoms with Gasteiger partial charge in [-0.25, -0.2) is 9.48 Å². The van der Waals surface area contributed by atoms with E-state index in [1.165, 1.54) is 10.7 Å². The summed E-state index contributed by atoms with van der Waals surface area (Å²) in [7, 11) is 0. The first-order valence-corrected chi connectivity index (χ1v) is 7.86. The first-order chi connectivity index (χ1) is 12.1. The quantitative estimate of drug-likeness (QED) is 0.746. The Morgan fingerprint density at radius 3 is 2.76 bits per heavy atom. The number of carboxylic acids is 1. The highest BCUT2D eigenvalue weighted by molar-refractivity contribution is 5.96. The number of furan rings is 1. The van der Waals surface area contributed by atoms with Gasteiger partial charge in [-0.3, -0.25) is 4.79 Å². The van der Waals surface area contributed by atoms with Gasteiger partial charge in [-0.1, -0.05) is 12.1 Å². The van der Waals surface area contributed by atoms with Gasteiger partial charge in [-0.15, -0.1) is 0 Å². The van der Waals surface area contributed by atoms with E-state index < -0.39 is 5.97 Å². The molecule has 2 atom stereocenters. The average molecular weight is 337 g/mol. The number of nitrogens with zero attached hydrogens (tertiary/aromatic N) is 2. The molecule has 0 saturated heterocycles. The molecule has 4 rings (SSSR count). The number of carboxylic acid groups (broad SMARTS) is 1. The normalized spacial score (nSPS) is 18.7. The highest BCUT2D eigenvalue weighted by Crippen LogP contribution is 2.48. The number of anilines is 1. The van der Waals surface area contributed by atoms with E-state index in [9.17, 15) is 9.59 Å². The number of carbonyl (C=O) groups excluding carboxylic acids is 1. The summed E-state index contributed by atoms with van der Waals surface area (Å²) in [6.07, 6.45) is 3.92. The van der Waals surface area contributed by atoms with Crippen LogP contribution in [0.25, 0.3) is 5.69 Å². The summed E-state index contributed by atoms with van der Waals surface area (Å²) in [4.78, 5) is 23.5. The van der Waals surface area contributed by atoms with Crippen molar-refractivity contribution in [3.63, 3.8) is 0 Å². The van der Waals surface area contributed by atoms with E-state index in [2.05, 4.69) is 10.4 Å². The highest BCUT2D eigenvalue weighted by atomic mass is 16.4. The molecule has 0 bridgehead atoms. The third-order valence-electron chi connectivity index (χ3n) is 4.25. The number of para-hydroxylation sites is 2. The second-order valence-corrected chi connectivity index (χ2v) is 5.92. The Morgan fingerprint density at radius 2 is 2.04 bits per heavy atom. The molecule has 1 saturated carbocycles. The molecule has 1 aromatic carbocycles. The lowest BCUT2D eigenvalue weighted by Crippen LogP contribution is -2.16. The summed E-state index contributed by atoms with van der Waals surface area (Å²) in [5, 5.41) is 15.9. The lowest BCUT2D eigenvalue weighted by Gasteiger charge is -2.11. The Morgan fingerprint density at radius 1 is 1.20 bits per heavy atom. The van der Waals surface area contributed by atoms with Crippen LogP contribution in [0.1, 0.15) is 28.6 Å². The van der Waals surface area contributed by atoms with E-state index in [0.29, 0.717) is 11.4 Å². The molecule has 2 heterocycles. The number of benzene rings is 1. The van der Waals surface area contributed by atoms with Crippen molar-refractivity contribution in [1.82, 2.24) is 9.78 Å². The number of rotatable bonds is 5. The van der Waals surface area contributed by atoms with Crippen molar-refractivity contribution in [1.29, 1.82) is 0 Å². The third kappa shape index (κ3) is 2.91. The summed E-state index contributed by atoms with van der Waals surface area (Å²) in [6, 6.07) is 12.2. The zero-order valence-corrected chi connectivity index (χ0v) is 13.1. The first kappa shape index (κ1) is 15.2. The number of hydrogen-bond acceptors (Lipinski definition) is 4. The van der Waals surface area contributed by atoms with E-state index >= 15 is 0 Å². The maximum atomic E-state index is 12.5. The van der Waals surface area contributed by atoms with Gasteiger partial charge >= 0.3 is 5.97 Å². The highest BCUT2D eigenvalue weighted by Gasteiger charge is 2.45. The number of aromatic nitrogens is 2. The summed E-state index contributed by atoms with van der Waals surface area (Å²) in [5.74, 6) is -0.359. The van der Waals surface area contributed by atoms with Crippen LogP contribution < -0.4 is 5.32 Å². The Balaban J connectivity index is 1.53. The lowest BCUT2D eigenvalue weighted by atomic mass is 10.2. The van der Waals surface area contributed by atoms with Crippen LogP contribution in [0.3, 0.4) is 0 Å². The number of hydrogen-bond donors (Lipinski definition) is 2. The molecule has 0 spiro atoms. The molecule has 2 N–H and O–H groups in total. The molecule has 2 unspecified atom stereocenters. The summed E-state index contributed by atoms with van der Waals surface area (Å²) < 4.78 is 6.80. The van der Waals surface area contributed by atoms with Gasteiger partial charge in [-0.2, -0.15) is 5.10 Å².